The highest BCUT2D eigenvalue weighted by molar-refractivity contribution is 6.14. The van der Waals surface area contributed by atoms with Gasteiger partial charge in [0.1, 0.15) is 24.8 Å². The lowest BCUT2D eigenvalue weighted by molar-refractivity contribution is -0.192. The second-order valence-corrected chi connectivity index (χ2v) is 14.5. The van der Waals surface area contributed by atoms with E-state index in [0.717, 1.165) is 40.8 Å². The maximum absolute atomic E-state index is 15.0. The number of alkyl halides is 3. The van der Waals surface area contributed by atoms with E-state index < -0.39 is 84.0 Å². The summed E-state index contributed by atoms with van der Waals surface area (Å²) in [5, 5.41) is 22.4. The van der Waals surface area contributed by atoms with Crippen molar-refractivity contribution in [3.63, 3.8) is 0 Å². The monoisotopic (exact) mass is 850 g/mol. The van der Waals surface area contributed by atoms with Crippen LogP contribution in [-0.4, -0.2) is 118 Å². The van der Waals surface area contributed by atoms with Gasteiger partial charge in [-0.2, -0.15) is 13.2 Å². The van der Waals surface area contributed by atoms with Crippen molar-refractivity contribution in [2.75, 3.05) is 46.0 Å². The fourth-order valence-corrected chi connectivity index (χ4v) is 6.04. The Kier molecular flexibility index (Phi) is 17.6. The fourth-order valence-electron chi connectivity index (χ4n) is 6.04. The van der Waals surface area contributed by atoms with Gasteiger partial charge in [-0.3, -0.25) is 28.9 Å². The minimum absolute atomic E-state index is 0.00300. The maximum atomic E-state index is 15.0. The van der Waals surface area contributed by atoms with Gasteiger partial charge in [-0.25, -0.2) is 13.6 Å². The lowest BCUT2D eigenvalue weighted by Gasteiger charge is -2.41. The van der Waals surface area contributed by atoms with E-state index in [2.05, 4.69) is 10.6 Å². The number of aliphatic carboxylic acids is 1. The van der Waals surface area contributed by atoms with Crippen molar-refractivity contribution in [3.05, 3.63) is 95.8 Å². The summed E-state index contributed by atoms with van der Waals surface area (Å²) in [4.78, 5) is 72.6. The first kappa shape index (κ1) is 48.4. The van der Waals surface area contributed by atoms with Crippen molar-refractivity contribution in [1.29, 1.82) is 0 Å². The second kappa shape index (κ2) is 21.9. The zero-order valence-electron chi connectivity index (χ0n) is 33.0. The molecule has 0 saturated heterocycles. The number of nitrogens with two attached hydrogens (primary N) is 1. The van der Waals surface area contributed by atoms with Gasteiger partial charge < -0.3 is 40.8 Å². The molecule has 0 fully saturated rings. The van der Waals surface area contributed by atoms with Crippen LogP contribution in [0, 0.1) is 17.0 Å². The largest absolute Gasteiger partial charge is 0.490 e. The van der Waals surface area contributed by atoms with Crippen LogP contribution in [0.4, 0.5) is 22.0 Å². The molecule has 60 heavy (non-hydrogen) atoms. The Labute approximate surface area is 341 Å². The number of aliphatic hydroxyl groups is 1. The zero-order valence-corrected chi connectivity index (χ0v) is 33.0. The number of carboxylic acid groups (broad SMARTS) is 1. The highest BCUT2D eigenvalue weighted by Gasteiger charge is 2.39. The molecular formula is C40H47F5N6O9. The van der Waals surface area contributed by atoms with E-state index in [1.165, 1.54) is 4.90 Å². The smallest absolute Gasteiger partial charge is 0.475 e. The van der Waals surface area contributed by atoms with Crippen LogP contribution in [0.5, 0.6) is 0 Å². The summed E-state index contributed by atoms with van der Waals surface area (Å²) in [5.41, 5.74) is 7.61. The van der Waals surface area contributed by atoms with Gasteiger partial charge in [0.25, 0.3) is 11.8 Å². The molecule has 0 aliphatic carbocycles. The Morgan fingerprint density at radius 3 is 2.08 bits per heavy atom. The molecule has 5 amide bonds. The molecule has 0 spiro atoms. The van der Waals surface area contributed by atoms with Crippen molar-refractivity contribution in [1.82, 2.24) is 25.0 Å². The van der Waals surface area contributed by atoms with Crippen LogP contribution in [0.1, 0.15) is 44.5 Å². The first-order chi connectivity index (χ1) is 28.1. The van der Waals surface area contributed by atoms with E-state index in [1.807, 2.05) is 55.7 Å². The number of hydrogen-bond acceptors (Lipinski definition) is 9. The third-order valence-electron chi connectivity index (χ3n) is 8.81. The lowest BCUT2D eigenvalue weighted by atomic mass is 9.82. The number of hydrogen-bond donors (Lipinski definition) is 5. The normalized spacial score (nSPS) is 13.7. The molecule has 1 aliphatic heterocycles. The van der Waals surface area contributed by atoms with Crippen molar-refractivity contribution in [2.45, 2.75) is 52.0 Å². The number of halogens is 5. The summed E-state index contributed by atoms with van der Waals surface area (Å²) in [6, 6.07) is 12.7. The van der Waals surface area contributed by atoms with Gasteiger partial charge in [0.05, 0.1) is 25.3 Å². The highest BCUT2D eigenvalue weighted by atomic mass is 19.4. The minimum atomic E-state index is -5.08. The van der Waals surface area contributed by atoms with Crippen LogP contribution >= 0.6 is 0 Å². The predicted octanol–water partition coefficient (Wildman–Crippen LogP) is 2.91. The molecule has 6 N–H and O–H groups in total. The average Bonchev–Trinajstić information content (AvgIpc) is 3.73. The number of nitrogens with one attached hydrogen (secondary N) is 2. The quantitative estimate of drug-likeness (QED) is 0.0718. The fraction of sp³-hybridized carbons (Fsp3) is 0.400. The van der Waals surface area contributed by atoms with Crippen LogP contribution < -0.4 is 16.4 Å². The van der Waals surface area contributed by atoms with Gasteiger partial charge >= 0.3 is 12.1 Å². The van der Waals surface area contributed by atoms with E-state index in [4.69, 9.17) is 20.4 Å². The summed E-state index contributed by atoms with van der Waals surface area (Å²) in [6.45, 7) is 5.36. The molecule has 0 saturated carbocycles. The third-order valence-corrected chi connectivity index (χ3v) is 8.81. The van der Waals surface area contributed by atoms with Crippen LogP contribution in [-0.2, 0) is 40.0 Å². The van der Waals surface area contributed by atoms with Gasteiger partial charge in [0.15, 0.2) is 0 Å². The van der Waals surface area contributed by atoms with Crippen LogP contribution in [0.25, 0.3) is 11.1 Å². The lowest BCUT2D eigenvalue weighted by Crippen LogP contribution is -2.48. The van der Waals surface area contributed by atoms with Crippen molar-refractivity contribution in [3.8, 4) is 11.1 Å². The number of rotatable bonds is 18. The number of amides is 5. The first-order valence-electron chi connectivity index (χ1n) is 18.4. The van der Waals surface area contributed by atoms with Crippen molar-refractivity contribution in [2.24, 2.45) is 11.1 Å². The molecule has 0 bridgehead atoms. The Morgan fingerprint density at radius 1 is 0.917 bits per heavy atom. The van der Waals surface area contributed by atoms with E-state index in [0.29, 0.717) is 17.8 Å². The molecule has 4 rings (SSSR count). The van der Waals surface area contributed by atoms with Gasteiger partial charge in [-0.1, -0.05) is 51.1 Å². The molecular weight excluding hydrogens is 803 g/mol. The number of benzene rings is 2. The average molecular weight is 851 g/mol. The number of carbonyl (C=O) groups excluding carboxylic acids is 5. The molecule has 1 aromatic heterocycles. The van der Waals surface area contributed by atoms with E-state index >= 15 is 0 Å². The second-order valence-electron chi connectivity index (χ2n) is 14.5. The summed E-state index contributed by atoms with van der Waals surface area (Å²) >= 11 is 0. The number of carboxylic acids is 1. The number of aromatic nitrogens is 1. The van der Waals surface area contributed by atoms with Gasteiger partial charge in [0.2, 0.25) is 17.7 Å². The molecule has 326 valence electrons. The highest BCUT2D eigenvalue weighted by Crippen LogP contribution is 2.41. The van der Waals surface area contributed by atoms with Crippen molar-refractivity contribution >= 4 is 35.5 Å². The van der Waals surface area contributed by atoms with Crippen LogP contribution in [0.3, 0.4) is 0 Å². The molecule has 2 heterocycles. The Bertz CT molecular complexity index is 2000. The van der Waals surface area contributed by atoms with Gasteiger partial charge in [-0.05, 0) is 41.7 Å². The standard InChI is InChI=1S/C38H46F2N6O7.C2HF3O2/c1-38(2,3)36(31-19-26(28-20-27(39)9-10-29(28)40)22-44(31)21-25-7-5-4-6-8-25)45(35(51)24-47)16-13-30(41)37(52)43-15-18-53-17-14-42-32(48)23-46-33(49)11-12-34(46)50;3-2(4,5)1(6)7/h4-12,19-20,22,30,36,47H,13-18,21,23-24,41H2,1-3H3,(H,42,48)(H,43,52);(H,6,7)/t30-,36?;/m0./s1. The molecule has 0 radical (unpaired) electrons. The van der Waals surface area contributed by atoms with E-state index in [1.54, 1.807) is 12.3 Å². The summed E-state index contributed by atoms with van der Waals surface area (Å²) < 4.78 is 68.3. The summed E-state index contributed by atoms with van der Waals surface area (Å²) in [7, 11) is 0. The van der Waals surface area contributed by atoms with Crippen LogP contribution in [0.2, 0.25) is 0 Å². The molecule has 2 aromatic carbocycles. The first-order valence-corrected chi connectivity index (χ1v) is 18.4. The molecule has 3 aromatic rings. The molecule has 1 unspecified atom stereocenters. The van der Waals surface area contributed by atoms with Crippen LogP contribution in [0.15, 0.2) is 72.9 Å². The predicted molar refractivity (Wildman–Crippen MR) is 205 cm³/mol. The topological polar surface area (TPSA) is 214 Å². The number of ether oxygens (including phenoxy) is 1. The van der Waals surface area contributed by atoms with Crippen molar-refractivity contribution < 1.29 is 65.7 Å². The number of imide groups is 1. The summed E-state index contributed by atoms with van der Waals surface area (Å²) in [5.74, 6) is -6.69. The third kappa shape index (κ3) is 14.4. The van der Waals surface area contributed by atoms with Gasteiger partial charge in [-0.15, -0.1) is 0 Å². The summed E-state index contributed by atoms with van der Waals surface area (Å²) in [6.07, 6.45) is -1.14. The maximum Gasteiger partial charge on any atom is 0.490 e. The van der Waals surface area contributed by atoms with Gasteiger partial charge in [0, 0.05) is 61.3 Å². The number of aliphatic hydroxyl groups excluding tert-OH is 1. The Hall–Kier alpha value is -5.99. The molecule has 2 atom stereocenters. The number of nitrogens with zero attached hydrogens (tertiary/aromatic N) is 3. The minimum Gasteiger partial charge on any atom is -0.475 e. The van der Waals surface area contributed by atoms with E-state index in [-0.39, 0.29) is 44.8 Å². The molecule has 1 aliphatic rings. The Balaban J connectivity index is 0.00000126. The van der Waals surface area contributed by atoms with E-state index in [9.17, 15) is 51.0 Å². The Morgan fingerprint density at radius 2 is 1.52 bits per heavy atom. The molecule has 15 nitrogen and oxygen atoms in total. The zero-order chi connectivity index (χ0) is 44.8. The number of carbonyl (C=O) groups is 6. The molecule has 20 heteroatoms. The SMILES string of the molecule is CC(C)(C)C(c1cc(-c2cc(F)ccc2F)cn1Cc1ccccc1)N(CC[C@H](N)C(=O)NCCOCCNC(=O)CN1C(=O)C=CC1=O)C(=O)CO.O=C(O)C(F)(F)F.